The number of rotatable bonds is 6. The van der Waals surface area contributed by atoms with Crippen LogP contribution in [-0.2, 0) is 6.54 Å². The summed E-state index contributed by atoms with van der Waals surface area (Å²) in [5, 5.41) is 3.07. The highest BCUT2D eigenvalue weighted by molar-refractivity contribution is 14.0. The molecule has 0 fully saturated rings. The highest BCUT2D eigenvalue weighted by Gasteiger charge is 2.07. The van der Waals surface area contributed by atoms with Crippen molar-refractivity contribution in [2.24, 2.45) is 10.7 Å². The number of hydrogen-bond donors (Lipinski definition) is 2. The van der Waals surface area contributed by atoms with Gasteiger partial charge >= 0.3 is 0 Å². The van der Waals surface area contributed by atoms with Gasteiger partial charge in [-0.2, -0.15) is 0 Å². The second-order valence-electron chi connectivity index (χ2n) is 5.21. The maximum Gasteiger partial charge on any atom is 0.193 e. The zero-order valence-corrected chi connectivity index (χ0v) is 18.0. The molecule has 0 heterocycles. The maximum absolute atomic E-state index is 6.03. The molecule has 0 spiro atoms. The molecule has 0 aromatic heterocycles. The van der Waals surface area contributed by atoms with Gasteiger partial charge in [0.1, 0.15) is 11.5 Å². The van der Waals surface area contributed by atoms with E-state index in [0.29, 0.717) is 29.7 Å². The number of aliphatic imine (C=N–C) groups is 1. The number of nitrogens with two attached hydrogens (primary N) is 1. The van der Waals surface area contributed by atoms with Crippen molar-refractivity contribution in [2.45, 2.75) is 18.4 Å². The number of ether oxygens (including phenoxy) is 2. The Kier molecular flexibility index (Phi) is 8.91. The summed E-state index contributed by atoms with van der Waals surface area (Å²) in [4.78, 5) is 5.65. The average Bonchev–Trinajstić information content (AvgIpc) is 2.60. The van der Waals surface area contributed by atoms with Crippen LogP contribution in [0.4, 0.5) is 5.69 Å². The number of benzene rings is 2. The van der Waals surface area contributed by atoms with Crippen LogP contribution in [0.2, 0.25) is 0 Å². The fourth-order valence-electron chi connectivity index (χ4n) is 2.24. The summed E-state index contributed by atoms with van der Waals surface area (Å²) in [7, 11) is 3.22. The van der Waals surface area contributed by atoms with E-state index < -0.39 is 0 Å². The second-order valence-corrected chi connectivity index (χ2v) is 6.06. The van der Waals surface area contributed by atoms with Gasteiger partial charge in [0, 0.05) is 11.0 Å². The van der Waals surface area contributed by atoms with Crippen molar-refractivity contribution in [3.05, 3.63) is 47.5 Å². The fraction of sp³-hybridized carbons (Fsp3) is 0.278. The summed E-state index contributed by atoms with van der Waals surface area (Å²) in [5.74, 6) is 1.72. The molecule has 0 radical (unpaired) electrons. The van der Waals surface area contributed by atoms with Gasteiger partial charge in [-0.1, -0.05) is 12.1 Å². The Morgan fingerprint density at radius 2 is 1.92 bits per heavy atom. The normalized spacial score (nSPS) is 10.8. The van der Waals surface area contributed by atoms with Crippen molar-refractivity contribution in [1.82, 2.24) is 0 Å². The maximum atomic E-state index is 6.03. The number of anilines is 1. The van der Waals surface area contributed by atoms with Crippen LogP contribution in [0.15, 0.2) is 46.3 Å². The van der Waals surface area contributed by atoms with Crippen LogP contribution >= 0.6 is 35.7 Å². The first-order valence-electron chi connectivity index (χ1n) is 7.50. The Morgan fingerprint density at radius 3 is 2.56 bits per heavy atom. The number of guanidine groups is 1. The van der Waals surface area contributed by atoms with Gasteiger partial charge in [0.2, 0.25) is 0 Å². The molecule has 0 amide bonds. The lowest BCUT2D eigenvalue weighted by molar-refractivity contribution is 0.405. The molecule has 0 aliphatic carbocycles. The Balaban J connectivity index is 0.00000312. The topological polar surface area (TPSA) is 68.9 Å². The summed E-state index contributed by atoms with van der Waals surface area (Å²) < 4.78 is 10.6. The quantitative estimate of drug-likeness (QED) is 0.284. The molecule has 0 aliphatic heterocycles. The van der Waals surface area contributed by atoms with Crippen molar-refractivity contribution in [2.75, 3.05) is 25.8 Å². The lowest BCUT2D eigenvalue weighted by Gasteiger charge is -2.12. The predicted octanol–water partition coefficient (Wildman–Crippen LogP) is 4.28. The minimum absolute atomic E-state index is 0. The summed E-state index contributed by atoms with van der Waals surface area (Å²) in [6.07, 6.45) is 2.06. The molecule has 2 aromatic rings. The number of nitrogens with zero attached hydrogens (tertiary/aromatic N) is 1. The van der Waals surface area contributed by atoms with Crippen LogP contribution in [0.1, 0.15) is 11.1 Å². The Labute approximate surface area is 170 Å². The standard InChI is InChI=1S/C18H23N3O2S.HI/c1-12-5-6-13(17(9-12)24-4)11-20-18(19)21-15-10-14(22-2)7-8-16(15)23-3;/h5-10H,11H2,1-4H3,(H3,19,20,21);1H. The summed E-state index contributed by atoms with van der Waals surface area (Å²) >= 11 is 1.71. The number of thioether (sulfide) groups is 1. The van der Waals surface area contributed by atoms with E-state index in [1.54, 1.807) is 26.0 Å². The second kappa shape index (κ2) is 10.4. The van der Waals surface area contributed by atoms with Crippen molar-refractivity contribution in [1.29, 1.82) is 0 Å². The summed E-state index contributed by atoms with van der Waals surface area (Å²) in [6.45, 7) is 2.60. The highest BCUT2D eigenvalue weighted by Crippen LogP contribution is 2.28. The first-order chi connectivity index (χ1) is 11.6. The van der Waals surface area contributed by atoms with Gasteiger partial charge in [-0.3, -0.25) is 0 Å². The third-order valence-electron chi connectivity index (χ3n) is 3.53. The molecule has 0 bridgehead atoms. The third kappa shape index (κ3) is 6.00. The molecule has 0 saturated carbocycles. The minimum atomic E-state index is 0. The van der Waals surface area contributed by atoms with E-state index in [9.17, 15) is 0 Å². The number of hydrogen-bond acceptors (Lipinski definition) is 4. The van der Waals surface area contributed by atoms with Crippen LogP contribution in [0, 0.1) is 6.92 Å². The lowest BCUT2D eigenvalue weighted by atomic mass is 10.1. The Bertz CT molecular complexity index is 738. The average molecular weight is 473 g/mol. The number of aryl methyl sites for hydroxylation is 1. The lowest BCUT2D eigenvalue weighted by Crippen LogP contribution is -2.23. The largest absolute Gasteiger partial charge is 0.497 e. The summed E-state index contributed by atoms with van der Waals surface area (Å²) in [5.41, 5.74) is 9.12. The fourth-order valence-corrected chi connectivity index (χ4v) is 2.94. The molecule has 25 heavy (non-hydrogen) atoms. The molecular formula is C18H24IN3O2S. The monoisotopic (exact) mass is 473 g/mol. The van der Waals surface area contributed by atoms with Gasteiger partial charge in [0.15, 0.2) is 5.96 Å². The molecule has 0 saturated heterocycles. The van der Waals surface area contributed by atoms with E-state index in [0.717, 1.165) is 5.56 Å². The minimum Gasteiger partial charge on any atom is -0.497 e. The summed E-state index contributed by atoms with van der Waals surface area (Å²) in [6, 6.07) is 11.8. The van der Waals surface area contributed by atoms with Gasteiger partial charge < -0.3 is 20.5 Å². The van der Waals surface area contributed by atoms with Gasteiger partial charge in [-0.15, -0.1) is 35.7 Å². The molecule has 0 atom stereocenters. The van der Waals surface area contributed by atoms with Crippen molar-refractivity contribution in [3.63, 3.8) is 0 Å². The van der Waals surface area contributed by atoms with E-state index in [2.05, 4.69) is 41.7 Å². The zero-order valence-electron chi connectivity index (χ0n) is 14.8. The molecule has 3 N–H and O–H groups in total. The zero-order chi connectivity index (χ0) is 17.5. The Morgan fingerprint density at radius 1 is 1.16 bits per heavy atom. The molecule has 5 nitrogen and oxygen atoms in total. The molecule has 136 valence electrons. The predicted molar refractivity (Wildman–Crippen MR) is 117 cm³/mol. The van der Waals surface area contributed by atoms with E-state index in [1.807, 2.05) is 18.2 Å². The Hall–Kier alpha value is -1.61. The number of nitrogens with one attached hydrogen (secondary N) is 1. The first-order valence-corrected chi connectivity index (χ1v) is 8.72. The molecule has 2 aromatic carbocycles. The highest BCUT2D eigenvalue weighted by atomic mass is 127. The SMILES string of the molecule is COc1ccc(OC)c(NC(N)=NCc2ccc(C)cc2SC)c1.I. The van der Waals surface area contributed by atoms with Crippen LogP contribution in [0.25, 0.3) is 0 Å². The van der Waals surface area contributed by atoms with Crippen molar-refractivity contribution in [3.8, 4) is 11.5 Å². The van der Waals surface area contributed by atoms with Gasteiger partial charge in [-0.25, -0.2) is 4.99 Å². The van der Waals surface area contributed by atoms with E-state index in [1.165, 1.54) is 10.5 Å². The van der Waals surface area contributed by atoms with Gasteiger partial charge in [0.25, 0.3) is 0 Å². The van der Waals surface area contributed by atoms with E-state index in [4.69, 9.17) is 15.2 Å². The van der Waals surface area contributed by atoms with Gasteiger partial charge in [0.05, 0.1) is 26.5 Å². The van der Waals surface area contributed by atoms with E-state index in [-0.39, 0.29) is 24.0 Å². The molecule has 0 unspecified atom stereocenters. The third-order valence-corrected chi connectivity index (χ3v) is 4.35. The van der Waals surface area contributed by atoms with Crippen LogP contribution in [0.3, 0.4) is 0 Å². The smallest absolute Gasteiger partial charge is 0.193 e. The number of methoxy groups -OCH3 is 2. The van der Waals surface area contributed by atoms with Crippen LogP contribution in [0.5, 0.6) is 11.5 Å². The van der Waals surface area contributed by atoms with Crippen LogP contribution < -0.4 is 20.5 Å². The van der Waals surface area contributed by atoms with E-state index >= 15 is 0 Å². The molecular weight excluding hydrogens is 449 g/mol. The molecule has 0 aliphatic rings. The molecule has 2 rings (SSSR count). The first kappa shape index (κ1) is 21.4. The molecule has 7 heteroatoms. The van der Waals surface area contributed by atoms with Crippen LogP contribution in [-0.4, -0.2) is 26.4 Å². The number of halogens is 1. The van der Waals surface area contributed by atoms with Gasteiger partial charge in [-0.05, 0) is 42.5 Å². The van der Waals surface area contributed by atoms with Crippen molar-refractivity contribution < 1.29 is 9.47 Å². The van der Waals surface area contributed by atoms with Crippen molar-refractivity contribution >= 4 is 47.4 Å².